The Balaban J connectivity index is 2.35. The third-order valence-electron chi connectivity index (χ3n) is 3.46. The summed E-state index contributed by atoms with van der Waals surface area (Å²) in [5.74, 6) is -0.701. The summed E-state index contributed by atoms with van der Waals surface area (Å²) in [4.78, 5) is 24.5. The highest BCUT2D eigenvalue weighted by Crippen LogP contribution is 2.47. The van der Waals surface area contributed by atoms with Gasteiger partial charge in [-0.2, -0.15) is 0 Å². The second-order valence-electron chi connectivity index (χ2n) is 4.25. The van der Waals surface area contributed by atoms with Crippen molar-refractivity contribution in [1.29, 1.82) is 0 Å². The first kappa shape index (κ1) is 10.2. The fourth-order valence-corrected chi connectivity index (χ4v) is 2.49. The van der Waals surface area contributed by atoms with Gasteiger partial charge in [-0.15, -0.1) is 0 Å². The van der Waals surface area contributed by atoms with Crippen LogP contribution in [0.1, 0.15) is 15.9 Å². The van der Waals surface area contributed by atoms with Gasteiger partial charge in [-0.3, -0.25) is 15.0 Å². The summed E-state index contributed by atoms with van der Waals surface area (Å²) < 4.78 is 0. The van der Waals surface area contributed by atoms with E-state index in [4.69, 9.17) is 0 Å². The Morgan fingerprint density at radius 1 is 1.24 bits per heavy atom. The number of carbonyl (C=O) groups excluding carboxylic acids is 2. The van der Waals surface area contributed by atoms with Crippen LogP contribution in [0.2, 0.25) is 0 Å². The molecule has 6 heteroatoms. The number of nitrogens with one attached hydrogen (secondary N) is 1. The molecule has 1 aromatic rings. The average Bonchev–Trinajstić information content (AvgIpc) is 2.60. The van der Waals surface area contributed by atoms with E-state index in [-0.39, 0.29) is 11.1 Å². The summed E-state index contributed by atoms with van der Waals surface area (Å²) in [5.41, 5.74) is -3.90. The summed E-state index contributed by atoms with van der Waals surface area (Å²) >= 11 is 0. The zero-order chi connectivity index (χ0) is 12.4. The summed E-state index contributed by atoms with van der Waals surface area (Å²) in [6, 6.07) is 5.59. The van der Waals surface area contributed by atoms with Crippen LogP contribution in [0.5, 0.6) is 0 Å². The van der Waals surface area contributed by atoms with E-state index in [2.05, 4.69) is 5.32 Å². The molecule has 1 aliphatic carbocycles. The number of hydrogen-bond acceptors (Lipinski definition) is 4. The molecule has 0 unspecified atom stereocenters. The zero-order valence-electron chi connectivity index (χ0n) is 8.97. The minimum Gasteiger partial charge on any atom is -0.363 e. The van der Waals surface area contributed by atoms with Crippen LogP contribution in [0.25, 0.3) is 0 Å². The maximum Gasteiger partial charge on any atom is 0.322 e. The van der Waals surface area contributed by atoms with Crippen molar-refractivity contribution in [3.05, 3.63) is 35.4 Å². The van der Waals surface area contributed by atoms with Crippen LogP contribution in [0, 0.1) is 0 Å². The van der Waals surface area contributed by atoms with Crippen molar-refractivity contribution in [2.45, 2.75) is 11.4 Å². The minimum absolute atomic E-state index is 0.212. The number of rotatable bonds is 0. The van der Waals surface area contributed by atoms with Crippen LogP contribution < -0.4 is 5.32 Å². The van der Waals surface area contributed by atoms with E-state index < -0.39 is 23.3 Å². The molecule has 1 aromatic carbocycles. The largest absolute Gasteiger partial charge is 0.363 e. The third kappa shape index (κ3) is 0.853. The molecule has 0 aromatic heterocycles. The Hall–Kier alpha value is -1.92. The number of Topliss-reactive ketones (excluding diaryl/α,β-unsaturated/α-hetero) is 1. The van der Waals surface area contributed by atoms with Crippen LogP contribution in [0.15, 0.2) is 24.3 Å². The number of ketones is 1. The predicted molar refractivity (Wildman–Crippen MR) is 55.9 cm³/mol. The zero-order valence-corrected chi connectivity index (χ0v) is 8.97. The van der Waals surface area contributed by atoms with Crippen LogP contribution in [0.3, 0.4) is 0 Å². The average molecular weight is 234 g/mol. The topological polar surface area (TPSA) is 89.9 Å². The Morgan fingerprint density at radius 2 is 1.88 bits per heavy atom. The number of carbonyl (C=O) groups is 2. The molecule has 1 saturated heterocycles. The number of hydrogen-bond donors (Lipinski definition) is 3. The van der Waals surface area contributed by atoms with Gasteiger partial charge in [0, 0.05) is 18.2 Å². The smallest absolute Gasteiger partial charge is 0.322 e. The summed E-state index contributed by atoms with van der Waals surface area (Å²) in [7, 11) is 1.32. The molecule has 0 bridgehead atoms. The SMILES string of the molecule is CN1C(=O)N[C@@]2(O)C(=O)c3ccccc3[C@@]12O. The van der Waals surface area contributed by atoms with Crippen LogP contribution in [-0.4, -0.2) is 39.7 Å². The molecule has 0 radical (unpaired) electrons. The molecule has 0 spiro atoms. The first-order valence-electron chi connectivity index (χ1n) is 5.08. The molecule has 2 amide bonds. The molecule has 0 saturated carbocycles. The van der Waals surface area contributed by atoms with Crippen molar-refractivity contribution in [3.63, 3.8) is 0 Å². The highest BCUT2D eigenvalue weighted by atomic mass is 16.4. The van der Waals surface area contributed by atoms with E-state index in [9.17, 15) is 19.8 Å². The van der Waals surface area contributed by atoms with Crippen molar-refractivity contribution in [2.75, 3.05) is 7.05 Å². The van der Waals surface area contributed by atoms with E-state index in [0.717, 1.165) is 4.90 Å². The van der Waals surface area contributed by atoms with Gasteiger partial charge in [-0.1, -0.05) is 24.3 Å². The molecule has 1 fully saturated rings. The molecule has 3 rings (SSSR count). The monoisotopic (exact) mass is 234 g/mol. The van der Waals surface area contributed by atoms with E-state index in [1.165, 1.54) is 19.2 Å². The Labute approximate surface area is 96.5 Å². The van der Waals surface area contributed by atoms with Gasteiger partial charge in [0.15, 0.2) is 0 Å². The fraction of sp³-hybridized carbons (Fsp3) is 0.273. The molecule has 2 atom stereocenters. The van der Waals surface area contributed by atoms with Crippen molar-refractivity contribution in [3.8, 4) is 0 Å². The van der Waals surface area contributed by atoms with Crippen molar-refractivity contribution >= 4 is 11.8 Å². The van der Waals surface area contributed by atoms with Crippen molar-refractivity contribution in [1.82, 2.24) is 10.2 Å². The van der Waals surface area contributed by atoms with Gasteiger partial charge < -0.3 is 10.2 Å². The highest BCUT2D eigenvalue weighted by Gasteiger charge is 2.71. The lowest BCUT2D eigenvalue weighted by atomic mass is 10.00. The van der Waals surface area contributed by atoms with Gasteiger partial charge >= 0.3 is 6.03 Å². The molecule has 2 aliphatic rings. The lowest BCUT2D eigenvalue weighted by Gasteiger charge is -2.32. The van der Waals surface area contributed by atoms with Gasteiger partial charge in [0.2, 0.25) is 11.5 Å². The van der Waals surface area contributed by atoms with Gasteiger partial charge in [0.05, 0.1) is 0 Å². The predicted octanol–water partition coefficient (Wildman–Crippen LogP) is -0.628. The molecule has 1 heterocycles. The number of aliphatic hydroxyl groups is 2. The normalized spacial score (nSPS) is 34.6. The molecule has 17 heavy (non-hydrogen) atoms. The summed E-state index contributed by atoms with van der Waals surface area (Å²) in [6.07, 6.45) is 0. The maximum absolute atomic E-state index is 12.0. The quantitative estimate of drug-likeness (QED) is 0.557. The number of benzene rings is 1. The fourth-order valence-electron chi connectivity index (χ4n) is 2.49. The van der Waals surface area contributed by atoms with E-state index in [1.54, 1.807) is 12.1 Å². The van der Waals surface area contributed by atoms with E-state index >= 15 is 0 Å². The van der Waals surface area contributed by atoms with Crippen LogP contribution >= 0.6 is 0 Å². The number of nitrogens with zero attached hydrogens (tertiary/aromatic N) is 1. The molecule has 3 N–H and O–H groups in total. The Kier molecular flexibility index (Phi) is 1.60. The van der Waals surface area contributed by atoms with E-state index in [0.29, 0.717) is 0 Å². The lowest BCUT2D eigenvalue weighted by Crippen LogP contribution is -2.58. The minimum atomic E-state index is -2.30. The summed E-state index contributed by atoms with van der Waals surface area (Å²) in [6.45, 7) is 0. The number of likely N-dealkylation sites (N-methyl/N-ethyl adjacent to an activating group) is 1. The number of amides is 2. The van der Waals surface area contributed by atoms with Crippen LogP contribution in [0.4, 0.5) is 4.79 Å². The lowest BCUT2D eigenvalue weighted by molar-refractivity contribution is -0.167. The van der Waals surface area contributed by atoms with Crippen molar-refractivity contribution in [2.24, 2.45) is 0 Å². The van der Waals surface area contributed by atoms with Gasteiger partial charge in [-0.25, -0.2) is 4.79 Å². The second-order valence-corrected chi connectivity index (χ2v) is 4.25. The molecular weight excluding hydrogens is 224 g/mol. The first-order valence-corrected chi connectivity index (χ1v) is 5.08. The van der Waals surface area contributed by atoms with Crippen molar-refractivity contribution < 1.29 is 19.8 Å². The molecule has 88 valence electrons. The van der Waals surface area contributed by atoms with Gasteiger partial charge in [0.25, 0.3) is 5.72 Å². The summed E-state index contributed by atoms with van der Waals surface area (Å²) in [5, 5.41) is 22.9. The van der Waals surface area contributed by atoms with Crippen LogP contribution in [-0.2, 0) is 5.72 Å². The highest BCUT2D eigenvalue weighted by molar-refractivity contribution is 6.11. The Morgan fingerprint density at radius 3 is 2.59 bits per heavy atom. The molecule has 1 aliphatic heterocycles. The number of urea groups is 1. The second kappa shape index (κ2) is 2.66. The standard InChI is InChI=1S/C11H10N2O4/c1-13-9(15)12-10(16)8(14)6-4-2-3-5-7(6)11(10,13)17/h2-5,16-17H,1H3,(H,12,15)/t10-,11+/m1/s1. The number of fused-ring (bicyclic) bond motifs is 3. The Bertz CT molecular complexity index is 558. The van der Waals surface area contributed by atoms with Gasteiger partial charge in [0.1, 0.15) is 0 Å². The third-order valence-corrected chi connectivity index (χ3v) is 3.46. The molecular formula is C11H10N2O4. The first-order chi connectivity index (χ1) is 7.93. The molecule has 6 nitrogen and oxygen atoms in total. The maximum atomic E-state index is 12.0. The van der Waals surface area contributed by atoms with E-state index in [1.807, 2.05) is 0 Å². The van der Waals surface area contributed by atoms with Gasteiger partial charge in [-0.05, 0) is 0 Å².